The Labute approximate surface area is 229 Å². The van der Waals surface area contributed by atoms with E-state index in [1.807, 2.05) is 12.1 Å². The molecule has 0 saturated heterocycles. The third kappa shape index (κ3) is 4.75. The van der Waals surface area contributed by atoms with Crippen LogP contribution in [0, 0.1) is 0 Å². The highest BCUT2D eigenvalue weighted by atomic mass is 16.7. The van der Waals surface area contributed by atoms with E-state index in [0.717, 1.165) is 16.5 Å². The summed E-state index contributed by atoms with van der Waals surface area (Å²) in [7, 11) is 1.45. The molecule has 0 unspecified atom stereocenters. The molecule has 1 amide bonds. The van der Waals surface area contributed by atoms with Gasteiger partial charge in [0.25, 0.3) is 5.56 Å². The van der Waals surface area contributed by atoms with Gasteiger partial charge in [-0.05, 0) is 24.1 Å². The molecule has 210 valence electrons. The molecule has 0 saturated carbocycles. The smallest absolute Gasteiger partial charge is 0.257 e. The number of methoxy groups -OCH3 is 1. The van der Waals surface area contributed by atoms with Gasteiger partial charge in [-0.25, -0.2) is 4.98 Å². The minimum absolute atomic E-state index is 0.0111. The zero-order chi connectivity index (χ0) is 28.4. The zero-order valence-electron chi connectivity index (χ0n) is 22.2. The van der Waals surface area contributed by atoms with Crippen LogP contribution in [0.1, 0.15) is 35.6 Å². The number of hydrogen-bond acceptors (Lipinski definition) is 10. The first-order valence-electron chi connectivity index (χ1n) is 12.8. The Morgan fingerprint density at radius 1 is 1.30 bits per heavy atom. The largest absolute Gasteiger partial charge is 0.454 e. The van der Waals surface area contributed by atoms with Crippen molar-refractivity contribution in [2.24, 2.45) is 5.73 Å². The number of aldehydes is 1. The maximum atomic E-state index is 13.7. The normalized spacial score (nSPS) is 14.8. The van der Waals surface area contributed by atoms with Crippen LogP contribution in [0.2, 0.25) is 0 Å². The van der Waals surface area contributed by atoms with Crippen molar-refractivity contribution in [3.05, 3.63) is 56.9 Å². The number of carbonyl (C=O) groups excluding carboxylic acids is 2. The van der Waals surface area contributed by atoms with E-state index >= 15 is 0 Å². The average Bonchev–Trinajstić information content (AvgIpc) is 3.58. The molecule has 3 aromatic rings. The van der Waals surface area contributed by atoms with Crippen molar-refractivity contribution in [1.29, 1.82) is 0 Å². The predicted octanol–water partition coefficient (Wildman–Crippen LogP) is 1.16. The van der Waals surface area contributed by atoms with Gasteiger partial charge < -0.3 is 39.7 Å². The van der Waals surface area contributed by atoms with Crippen LogP contribution in [0.15, 0.2) is 29.1 Å². The Morgan fingerprint density at radius 3 is 2.77 bits per heavy atom. The first kappa shape index (κ1) is 27.5. The van der Waals surface area contributed by atoms with E-state index in [9.17, 15) is 19.5 Å². The second kappa shape index (κ2) is 11.2. The molecule has 4 N–H and O–H groups in total. The van der Waals surface area contributed by atoms with Crippen LogP contribution in [0.25, 0.3) is 28.4 Å². The molecule has 40 heavy (non-hydrogen) atoms. The van der Waals surface area contributed by atoms with Crippen LogP contribution >= 0.6 is 0 Å². The van der Waals surface area contributed by atoms with Gasteiger partial charge in [0.05, 0.1) is 43.2 Å². The number of amides is 1. The number of aromatic nitrogens is 2. The van der Waals surface area contributed by atoms with Crippen molar-refractivity contribution in [2.45, 2.75) is 32.1 Å². The number of ether oxygens (including phenoxy) is 4. The Morgan fingerprint density at radius 2 is 2.08 bits per heavy atom. The number of pyridine rings is 2. The highest BCUT2D eigenvalue weighted by Crippen LogP contribution is 2.42. The summed E-state index contributed by atoms with van der Waals surface area (Å²) in [6.07, 6.45) is 4.20. The number of rotatable bonds is 11. The first-order valence-corrected chi connectivity index (χ1v) is 12.8. The molecule has 2 aromatic heterocycles. The van der Waals surface area contributed by atoms with Crippen molar-refractivity contribution in [3.63, 3.8) is 0 Å². The molecule has 0 radical (unpaired) electrons. The standard InChI is InChI=1S/C28H30N4O8/c1-3-28(36,13-33)20-8-22-26-18(11-32(22)27(35)19(20)12-37-2)16(5-4-6-38-14-30-25(34)10-29)17-7-23-24(40-15-39-23)9-21(17)31-26/h4-5,7-9,13,36H,3,6,10-12,14-15,29H2,1-2H3,(H,30,34)/b5-4+/t28-/m1/s1. The van der Waals surface area contributed by atoms with E-state index in [2.05, 4.69) is 5.32 Å². The topological polar surface area (TPSA) is 164 Å². The number of fused-ring (bicyclic) bond motifs is 5. The second-order valence-corrected chi connectivity index (χ2v) is 9.44. The van der Waals surface area contributed by atoms with Gasteiger partial charge in [-0.3, -0.25) is 14.4 Å². The molecular formula is C28H30N4O8. The van der Waals surface area contributed by atoms with Crippen molar-refractivity contribution >= 4 is 29.2 Å². The lowest BCUT2D eigenvalue weighted by atomic mass is 9.89. The van der Waals surface area contributed by atoms with Crippen LogP contribution in [-0.4, -0.2) is 60.6 Å². The first-order chi connectivity index (χ1) is 19.3. The SMILES string of the molecule is CC[C@@](O)(C=O)c1cc2n(c(=O)c1COC)Cc1c-2nc2cc3c(cc2c1/C=C/COCNC(=O)CN)OCO3. The van der Waals surface area contributed by atoms with Crippen molar-refractivity contribution in [1.82, 2.24) is 14.9 Å². The monoisotopic (exact) mass is 550 g/mol. The molecule has 4 heterocycles. The molecule has 2 aliphatic heterocycles. The van der Waals surface area contributed by atoms with E-state index in [1.54, 1.807) is 29.7 Å². The summed E-state index contributed by atoms with van der Waals surface area (Å²) in [4.78, 5) is 41.9. The minimum atomic E-state index is -1.85. The van der Waals surface area contributed by atoms with Gasteiger partial charge in [0, 0.05) is 35.3 Å². The van der Waals surface area contributed by atoms with E-state index in [4.69, 9.17) is 29.7 Å². The summed E-state index contributed by atoms with van der Waals surface area (Å²) in [5.41, 5.74) is 6.71. The van der Waals surface area contributed by atoms with Crippen LogP contribution in [0.3, 0.4) is 0 Å². The van der Waals surface area contributed by atoms with Gasteiger partial charge >= 0.3 is 0 Å². The van der Waals surface area contributed by atoms with Crippen LogP contribution < -0.4 is 26.1 Å². The Balaban J connectivity index is 1.64. The van der Waals surface area contributed by atoms with Crippen LogP contribution in [-0.2, 0) is 37.8 Å². The van der Waals surface area contributed by atoms with Crippen LogP contribution in [0.4, 0.5) is 0 Å². The molecule has 2 aliphatic rings. The fourth-order valence-electron chi connectivity index (χ4n) is 4.98. The molecule has 12 heteroatoms. The van der Waals surface area contributed by atoms with Crippen molar-refractivity contribution in [3.8, 4) is 22.9 Å². The summed E-state index contributed by atoms with van der Waals surface area (Å²) >= 11 is 0. The van der Waals surface area contributed by atoms with Crippen molar-refractivity contribution in [2.75, 3.05) is 33.8 Å². The van der Waals surface area contributed by atoms with E-state index in [0.29, 0.717) is 34.7 Å². The molecule has 0 aliphatic carbocycles. The Kier molecular flexibility index (Phi) is 7.68. The maximum absolute atomic E-state index is 13.7. The molecule has 0 bridgehead atoms. The van der Waals surface area contributed by atoms with E-state index in [1.165, 1.54) is 7.11 Å². The third-order valence-electron chi connectivity index (χ3n) is 7.13. The van der Waals surface area contributed by atoms with Crippen LogP contribution in [0.5, 0.6) is 11.5 Å². The second-order valence-electron chi connectivity index (χ2n) is 9.44. The van der Waals surface area contributed by atoms with Gasteiger partial charge in [0.15, 0.2) is 17.8 Å². The molecule has 5 rings (SSSR count). The highest BCUT2D eigenvalue weighted by Gasteiger charge is 2.35. The number of hydrogen-bond donors (Lipinski definition) is 3. The number of benzene rings is 1. The summed E-state index contributed by atoms with van der Waals surface area (Å²) < 4.78 is 23.5. The fourth-order valence-corrected chi connectivity index (χ4v) is 4.98. The number of nitrogens with one attached hydrogen (secondary N) is 1. The fraction of sp³-hybridized carbons (Fsp3) is 0.357. The summed E-state index contributed by atoms with van der Waals surface area (Å²) in [6, 6.07) is 5.29. The van der Waals surface area contributed by atoms with Gasteiger partial charge in [0.2, 0.25) is 12.7 Å². The van der Waals surface area contributed by atoms with Gasteiger partial charge in [0.1, 0.15) is 12.3 Å². The number of nitrogens with two attached hydrogens (primary N) is 1. The zero-order valence-corrected chi connectivity index (χ0v) is 22.2. The molecular weight excluding hydrogens is 520 g/mol. The van der Waals surface area contributed by atoms with Gasteiger partial charge in [-0.15, -0.1) is 0 Å². The Hall–Kier alpha value is -4.10. The third-order valence-corrected chi connectivity index (χ3v) is 7.13. The molecule has 12 nitrogen and oxygen atoms in total. The maximum Gasteiger partial charge on any atom is 0.257 e. The van der Waals surface area contributed by atoms with Gasteiger partial charge in [-0.1, -0.05) is 19.1 Å². The lowest BCUT2D eigenvalue weighted by molar-refractivity contribution is -0.125. The summed E-state index contributed by atoms with van der Waals surface area (Å²) in [5, 5.41) is 14.4. The highest BCUT2D eigenvalue weighted by molar-refractivity contribution is 5.95. The lowest BCUT2D eigenvalue weighted by Gasteiger charge is -2.24. The quantitative estimate of drug-likeness (QED) is 0.140. The minimum Gasteiger partial charge on any atom is -0.454 e. The van der Waals surface area contributed by atoms with E-state index < -0.39 is 5.60 Å². The molecule has 1 atom stereocenters. The molecule has 1 aromatic carbocycles. The van der Waals surface area contributed by atoms with E-state index in [-0.39, 0.29) is 68.8 Å². The molecule has 0 spiro atoms. The predicted molar refractivity (Wildman–Crippen MR) is 145 cm³/mol. The number of nitrogens with zero attached hydrogens (tertiary/aromatic N) is 2. The lowest BCUT2D eigenvalue weighted by Crippen LogP contribution is -2.34. The number of aliphatic hydroxyl groups is 1. The summed E-state index contributed by atoms with van der Waals surface area (Å²) in [6.45, 7) is 2.01. The molecule has 0 fully saturated rings. The number of carbonyl (C=O) groups is 2. The summed E-state index contributed by atoms with van der Waals surface area (Å²) in [5.74, 6) is 0.820. The van der Waals surface area contributed by atoms with Crippen molar-refractivity contribution < 1.29 is 33.6 Å². The Bertz CT molecular complexity index is 1580. The van der Waals surface area contributed by atoms with Gasteiger partial charge in [-0.2, -0.15) is 0 Å². The average molecular weight is 551 g/mol.